The topological polar surface area (TPSA) is 60.3 Å². The van der Waals surface area contributed by atoms with Crippen LogP contribution in [0.1, 0.15) is 46.9 Å². The number of esters is 1. The Kier molecular flexibility index (Phi) is 5.33. The second kappa shape index (κ2) is 7.80. The minimum atomic E-state index is -0.244. The molecule has 1 aromatic heterocycles. The summed E-state index contributed by atoms with van der Waals surface area (Å²) in [4.78, 5) is 24.7. The minimum absolute atomic E-state index is 0.159. The van der Waals surface area contributed by atoms with Crippen molar-refractivity contribution in [3.05, 3.63) is 69.9 Å². The van der Waals surface area contributed by atoms with Gasteiger partial charge in [-0.25, -0.2) is 0 Å². The Hall–Kier alpha value is -2.79. The van der Waals surface area contributed by atoms with E-state index in [9.17, 15) is 9.59 Å². The third-order valence-electron chi connectivity index (χ3n) is 5.63. The number of amides is 1. The maximum atomic E-state index is 12.7. The Labute approximate surface area is 181 Å². The van der Waals surface area contributed by atoms with E-state index in [0.29, 0.717) is 17.3 Å². The number of halogens is 1. The molecule has 3 aromatic rings. The smallest absolute Gasteiger partial charge is 0.310 e. The monoisotopic (exact) mass is 424 g/mol. The van der Waals surface area contributed by atoms with Crippen molar-refractivity contribution >= 4 is 34.4 Å². The number of benzene rings is 2. The van der Waals surface area contributed by atoms with Gasteiger partial charge in [-0.1, -0.05) is 35.9 Å². The molecule has 30 heavy (non-hydrogen) atoms. The van der Waals surface area contributed by atoms with E-state index in [4.69, 9.17) is 16.3 Å². The van der Waals surface area contributed by atoms with Crippen LogP contribution in [-0.2, 0) is 29.5 Å². The summed E-state index contributed by atoms with van der Waals surface area (Å²) in [6, 6.07) is 13.4. The number of nitrogens with one attached hydrogen (secondary N) is 1. The van der Waals surface area contributed by atoms with Crippen molar-refractivity contribution in [2.45, 2.75) is 45.3 Å². The fourth-order valence-electron chi connectivity index (χ4n) is 3.54. The first-order valence-corrected chi connectivity index (χ1v) is 10.5. The molecule has 4 rings (SSSR count). The number of carbonyl (C=O) groups excluding carboxylic acids is 2. The molecule has 0 atom stereocenters. The molecule has 0 unspecified atom stereocenters. The summed E-state index contributed by atoms with van der Waals surface area (Å²) < 4.78 is 7.31. The van der Waals surface area contributed by atoms with Gasteiger partial charge in [-0.2, -0.15) is 0 Å². The highest BCUT2D eigenvalue weighted by atomic mass is 35.5. The zero-order valence-electron chi connectivity index (χ0n) is 17.4. The summed E-state index contributed by atoms with van der Waals surface area (Å²) >= 11 is 6.34. The number of ether oxygens (including phenoxy) is 1. The molecule has 1 aliphatic rings. The van der Waals surface area contributed by atoms with E-state index in [-0.39, 0.29) is 23.9 Å². The molecule has 0 aliphatic heterocycles. The van der Waals surface area contributed by atoms with Crippen LogP contribution in [0.3, 0.4) is 0 Å². The Balaban J connectivity index is 1.38. The van der Waals surface area contributed by atoms with Gasteiger partial charge in [0.2, 0.25) is 0 Å². The predicted octanol–water partition coefficient (Wildman–Crippen LogP) is 4.71. The van der Waals surface area contributed by atoms with E-state index in [1.54, 1.807) is 0 Å². The van der Waals surface area contributed by atoms with Gasteiger partial charge in [-0.3, -0.25) is 9.59 Å². The lowest BCUT2D eigenvalue weighted by molar-refractivity contribution is -0.149. The third kappa shape index (κ3) is 4.36. The zero-order chi connectivity index (χ0) is 21.5. The van der Waals surface area contributed by atoms with E-state index in [2.05, 4.69) is 5.32 Å². The van der Waals surface area contributed by atoms with E-state index >= 15 is 0 Å². The third-order valence-corrected chi connectivity index (χ3v) is 5.94. The lowest BCUT2D eigenvalue weighted by atomic mass is 10.1. The molecule has 2 aromatic carbocycles. The highest BCUT2D eigenvalue weighted by molar-refractivity contribution is 6.35. The maximum Gasteiger partial charge on any atom is 0.310 e. The SMILES string of the molecule is Cc1cc(Cl)c2cc(C(=O)NCc3ccc(CC(=O)OC4(C)CC4)cc3)n(C)c2c1. The highest BCUT2D eigenvalue weighted by Gasteiger charge is 2.41. The Morgan fingerprint density at radius 3 is 2.47 bits per heavy atom. The summed E-state index contributed by atoms with van der Waals surface area (Å²) in [5.41, 5.74) is 4.16. The number of aryl methyl sites for hydroxylation is 2. The van der Waals surface area contributed by atoms with Crippen molar-refractivity contribution in [1.82, 2.24) is 9.88 Å². The molecular formula is C24H25ClN2O3. The van der Waals surface area contributed by atoms with Crippen LogP contribution >= 0.6 is 11.6 Å². The summed E-state index contributed by atoms with van der Waals surface area (Å²) in [5.74, 6) is -0.353. The van der Waals surface area contributed by atoms with Crippen molar-refractivity contribution in [2.24, 2.45) is 7.05 Å². The number of carbonyl (C=O) groups is 2. The fourth-order valence-corrected chi connectivity index (χ4v) is 3.86. The van der Waals surface area contributed by atoms with Crippen LogP contribution in [0, 0.1) is 6.92 Å². The normalized spacial score (nSPS) is 14.5. The zero-order valence-corrected chi connectivity index (χ0v) is 18.2. The van der Waals surface area contributed by atoms with Gasteiger partial charge < -0.3 is 14.6 Å². The van der Waals surface area contributed by atoms with Crippen LogP contribution < -0.4 is 5.32 Å². The number of fused-ring (bicyclic) bond motifs is 1. The van der Waals surface area contributed by atoms with Crippen molar-refractivity contribution in [1.29, 1.82) is 0 Å². The molecule has 0 bridgehead atoms. The molecule has 6 heteroatoms. The van der Waals surface area contributed by atoms with Gasteiger partial charge >= 0.3 is 5.97 Å². The summed E-state index contributed by atoms with van der Waals surface area (Å²) in [6.45, 7) is 4.34. The fraction of sp³-hybridized carbons (Fsp3) is 0.333. The number of hydrogen-bond acceptors (Lipinski definition) is 3. The van der Waals surface area contributed by atoms with Gasteiger partial charge in [-0.15, -0.1) is 0 Å². The number of hydrogen-bond donors (Lipinski definition) is 1. The molecule has 1 saturated carbocycles. The molecular weight excluding hydrogens is 400 g/mol. The van der Waals surface area contributed by atoms with Crippen molar-refractivity contribution in [2.75, 3.05) is 0 Å². The van der Waals surface area contributed by atoms with Crippen LogP contribution in [0.15, 0.2) is 42.5 Å². The van der Waals surface area contributed by atoms with Crippen LogP contribution in [0.25, 0.3) is 10.9 Å². The van der Waals surface area contributed by atoms with Gasteiger partial charge in [0.15, 0.2) is 0 Å². The quantitative estimate of drug-likeness (QED) is 0.583. The van der Waals surface area contributed by atoms with Crippen molar-refractivity contribution in [3.63, 3.8) is 0 Å². The first kappa shape index (κ1) is 20.5. The first-order valence-electron chi connectivity index (χ1n) is 10.1. The second-order valence-electron chi connectivity index (χ2n) is 8.37. The lowest BCUT2D eigenvalue weighted by Gasteiger charge is -2.11. The van der Waals surface area contributed by atoms with E-state index in [0.717, 1.165) is 40.4 Å². The molecule has 0 radical (unpaired) electrons. The molecule has 1 N–H and O–H groups in total. The summed E-state index contributed by atoms with van der Waals surface area (Å²) in [6.07, 6.45) is 2.15. The number of aromatic nitrogens is 1. The Bertz CT molecular complexity index is 1130. The van der Waals surface area contributed by atoms with Crippen LogP contribution in [0.4, 0.5) is 0 Å². The first-order chi connectivity index (χ1) is 14.2. The number of nitrogens with zero attached hydrogens (tertiary/aromatic N) is 1. The largest absolute Gasteiger partial charge is 0.459 e. The highest BCUT2D eigenvalue weighted by Crippen LogP contribution is 2.38. The van der Waals surface area contributed by atoms with Gasteiger partial charge in [0.1, 0.15) is 11.3 Å². The van der Waals surface area contributed by atoms with Crippen LogP contribution in [0.5, 0.6) is 0 Å². The molecule has 0 saturated heterocycles. The predicted molar refractivity (Wildman–Crippen MR) is 118 cm³/mol. The van der Waals surface area contributed by atoms with Gasteiger partial charge in [-0.05, 0) is 61.6 Å². The van der Waals surface area contributed by atoms with E-state index in [1.165, 1.54) is 0 Å². The molecule has 156 valence electrons. The molecule has 1 amide bonds. The average Bonchev–Trinajstić information content (AvgIpc) is 3.31. The van der Waals surface area contributed by atoms with Crippen LogP contribution in [-0.4, -0.2) is 22.0 Å². The van der Waals surface area contributed by atoms with Crippen molar-refractivity contribution in [3.8, 4) is 0 Å². The molecule has 1 heterocycles. The Morgan fingerprint density at radius 2 is 1.80 bits per heavy atom. The van der Waals surface area contributed by atoms with Crippen molar-refractivity contribution < 1.29 is 14.3 Å². The van der Waals surface area contributed by atoms with Gasteiger partial charge in [0.25, 0.3) is 5.91 Å². The summed E-state index contributed by atoms with van der Waals surface area (Å²) in [7, 11) is 1.86. The maximum absolute atomic E-state index is 12.7. The molecule has 1 aliphatic carbocycles. The average molecular weight is 425 g/mol. The standard InChI is InChI=1S/C24H25ClN2O3/c1-15-10-19(25)18-13-21(27(3)20(18)11-15)23(29)26-14-17-6-4-16(5-7-17)12-22(28)30-24(2)8-9-24/h4-7,10-11,13H,8-9,12,14H2,1-3H3,(H,26,29). The molecule has 1 fully saturated rings. The van der Waals surface area contributed by atoms with E-state index < -0.39 is 0 Å². The minimum Gasteiger partial charge on any atom is -0.459 e. The van der Waals surface area contributed by atoms with Gasteiger partial charge in [0, 0.05) is 19.0 Å². The van der Waals surface area contributed by atoms with Gasteiger partial charge in [0.05, 0.1) is 17.0 Å². The Morgan fingerprint density at radius 1 is 1.13 bits per heavy atom. The summed E-state index contributed by atoms with van der Waals surface area (Å²) in [5, 5.41) is 4.47. The number of rotatable bonds is 6. The van der Waals surface area contributed by atoms with E-state index in [1.807, 2.05) is 67.9 Å². The second-order valence-corrected chi connectivity index (χ2v) is 8.78. The molecule has 0 spiro atoms. The lowest BCUT2D eigenvalue weighted by Crippen LogP contribution is -2.24. The van der Waals surface area contributed by atoms with Crippen LogP contribution in [0.2, 0.25) is 5.02 Å². The molecule has 5 nitrogen and oxygen atoms in total.